The number of aliphatic carboxylic acids is 1. The number of carboxylic acids is 1. The molecule has 4 fully saturated rings. The van der Waals surface area contributed by atoms with Crippen molar-refractivity contribution >= 4 is 11.9 Å². The van der Waals surface area contributed by atoms with Crippen LogP contribution in [0.4, 0.5) is 0 Å². The molecule has 4 aliphatic rings. The first-order chi connectivity index (χ1) is 9.75. The summed E-state index contributed by atoms with van der Waals surface area (Å²) in [6.45, 7) is 7.65. The first-order valence-corrected chi connectivity index (χ1v) is 7.91. The fourth-order valence-corrected chi connectivity index (χ4v) is 5.05. The van der Waals surface area contributed by atoms with Crippen LogP contribution in [-0.4, -0.2) is 22.6 Å². The van der Waals surface area contributed by atoms with Crippen LogP contribution in [0.2, 0.25) is 0 Å². The van der Waals surface area contributed by atoms with Crippen molar-refractivity contribution in [2.45, 2.75) is 58.0 Å². The molecule has 2 unspecified atom stereocenters. The molecular weight excluding hydrogens is 268 g/mol. The highest BCUT2D eigenvalue weighted by molar-refractivity contribution is 5.88. The number of carboxylic acid groups (broad SMARTS) is 1. The maximum absolute atomic E-state index is 12.3. The number of carbonyl (C=O) groups excluding carboxylic acids is 1. The summed E-state index contributed by atoms with van der Waals surface area (Å²) >= 11 is 0. The van der Waals surface area contributed by atoms with Gasteiger partial charge >= 0.3 is 11.9 Å². The number of rotatable bonds is 4. The summed E-state index contributed by atoms with van der Waals surface area (Å²) in [6, 6.07) is 0. The van der Waals surface area contributed by atoms with E-state index in [1.807, 2.05) is 13.8 Å². The Morgan fingerprint density at radius 1 is 1.19 bits per heavy atom. The summed E-state index contributed by atoms with van der Waals surface area (Å²) in [5.41, 5.74) is -0.740. The van der Waals surface area contributed by atoms with Gasteiger partial charge in [-0.2, -0.15) is 0 Å². The van der Waals surface area contributed by atoms with Gasteiger partial charge in [0, 0.05) is 12.0 Å². The first kappa shape index (κ1) is 14.6. The summed E-state index contributed by atoms with van der Waals surface area (Å²) in [5.74, 6) is -0.211. The minimum Gasteiger partial charge on any atom is -0.481 e. The Bertz CT molecular complexity index is 491. The number of hydrogen-bond donors (Lipinski definition) is 1. The average molecular weight is 292 g/mol. The molecule has 21 heavy (non-hydrogen) atoms. The SMILES string of the molecule is C=C(C(=O)OC12CC3CC(C1)CC(C(=O)O)(C3)C2)C(C)C. The molecule has 0 spiro atoms. The zero-order chi connectivity index (χ0) is 15.4. The Labute approximate surface area is 125 Å². The summed E-state index contributed by atoms with van der Waals surface area (Å²) in [5, 5.41) is 9.67. The average Bonchev–Trinajstić information content (AvgIpc) is 2.35. The Morgan fingerprint density at radius 3 is 2.24 bits per heavy atom. The molecule has 4 nitrogen and oxygen atoms in total. The van der Waals surface area contributed by atoms with Gasteiger partial charge in [-0.1, -0.05) is 20.4 Å². The third kappa shape index (κ3) is 2.29. The van der Waals surface area contributed by atoms with E-state index in [2.05, 4.69) is 6.58 Å². The van der Waals surface area contributed by atoms with E-state index in [9.17, 15) is 14.7 Å². The molecule has 0 aliphatic heterocycles. The molecule has 4 heteroatoms. The van der Waals surface area contributed by atoms with Crippen molar-refractivity contribution in [3.8, 4) is 0 Å². The van der Waals surface area contributed by atoms with E-state index >= 15 is 0 Å². The van der Waals surface area contributed by atoms with E-state index in [1.165, 1.54) is 0 Å². The number of carbonyl (C=O) groups is 2. The molecule has 0 amide bonds. The van der Waals surface area contributed by atoms with Gasteiger partial charge in [0.25, 0.3) is 0 Å². The van der Waals surface area contributed by atoms with Crippen LogP contribution in [0, 0.1) is 23.2 Å². The van der Waals surface area contributed by atoms with Crippen molar-refractivity contribution in [2.24, 2.45) is 23.2 Å². The van der Waals surface area contributed by atoms with Crippen molar-refractivity contribution < 1.29 is 19.4 Å². The molecule has 0 radical (unpaired) electrons. The molecule has 4 rings (SSSR count). The molecule has 116 valence electrons. The van der Waals surface area contributed by atoms with Gasteiger partial charge in [0.05, 0.1) is 5.41 Å². The van der Waals surface area contributed by atoms with Gasteiger partial charge in [-0.3, -0.25) is 4.79 Å². The lowest BCUT2D eigenvalue weighted by molar-refractivity contribution is -0.208. The van der Waals surface area contributed by atoms with E-state index in [0.717, 1.165) is 32.1 Å². The largest absolute Gasteiger partial charge is 0.481 e. The number of esters is 1. The van der Waals surface area contributed by atoms with Crippen LogP contribution in [0.3, 0.4) is 0 Å². The lowest BCUT2D eigenvalue weighted by Gasteiger charge is -2.59. The molecule has 0 aromatic rings. The molecule has 4 saturated carbocycles. The molecule has 0 saturated heterocycles. The molecule has 1 N–H and O–H groups in total. The molecule has 2 atom stereocenters. The smallest absolute Gasteiger partial charge is 0.334 e. The van der Waals surface area contributed by atoms with Gasteiger partial charge in [-0.15, -0.1) is 0 Å². The number of hydrogen-bond acceptors (Lipinski definition) is 3. The van der Waals surface area contributed by atoms with Crippen molar-refractivity contribution in [3.63, 3.8) is 0 Å². The zero-order valence-electron chi connectivity index (χ0n) is 12.9. The third-order valence-corrected chi connectivity index (χ3v) is 5.73. The fraction of sp³-hybridized carbons (Fsp3) is 0.765. The standard InChI is InChI=1S/C17H24O4/c1-10(2)11(3)14(18)21-17-7-12-4-13(8-17)6-16(5-12,9-17)15(19)20/h10,12-13H,3-9H2,1-2H3,(H,19,20). The van der Waals surface area contributed by atoms with Crippen LogP contribution in [0.25, 0.3) is 0 Å². The Balaban J connectivity index is 1.83. The Morgan fingerprint density at radius 2 is 1.76 bits per heavy atom. The van der Waals surface area contributed by atoms with Gasteiger partial charge < -0.3 is 9.84 Å². The molecular formula is C17H24O4. The van der Waals surface area contributed by atoms with E-state index in [-0.39, 0.29) is 11.9 Å². The van der Waals surface area contributed by atoms with Gasteiger partial charge in [0.1, 0.15) is 5.60 Å². The minimum atomic E-state index is -0.709. The lowest BCUT2D eigenvalue weighted by Crippen LogP contribution is -2.59. The Hall–Kier alpha value is -1.32. The summed E-state index contributed by atoms with van der Waals surface area (Å²) < 4.78 is 5.85. The van der Waals surface area contributed by atoms with Crippen molar-refractivity contribution in [2.75, 3.05) is 0 Å². The molecule has 4 aliphatic carbocycles. The van der Waals surface area contributed by atoms with Crippen LogP contribution in [0.1, 0.15) is 52.4 Å². The van der Waals surface area contributed by atoms with Crippen LogP contribution in [0.15, 0.2) is 12.2 Å². The van der Waals surface area contributed by atoms with Crippen molar-refractivity contribution in [3.05, 3.63) is 12.2 Å². The molecule has 0 heterocycles. The topological polar surface area (TPSA) is 63.6 Å². The monoisotopic (exact) mass is 292 g/mol. The maximum atomic E-state index is 12.3. The third-order valence-electron chi connectivity index (χ3n) is 5.73. The first-order valence-electron chi connectivity index (χ1n) is 7.91. The van der Waals surface area contributed by atoms with E-state index in [1.54, 1.807) is 0 Å². The number of ether oxygens (including phenoxy) is 1. The van der Waals surface area contributed by atoms with Crippen LogP contribution >= 0.6 is 0 Å². The van der Waals surface area contributed by atoms with Gasteiger partial charge in [0.15, 0.2) is 0 Å². The zero-order valence-corrected chi connectivity index (χ0v) is 12.9. The van der Waals surface area contributed by atoms with Crippen LogP contribution < -0.4 is 0 Å². The van der Waals surface area contributed by atoms with Crippen molar-refractivity contribution in [1.82, 2.24) is 0 Å². The highest BCUT2D eigenvalue weighted by Crippen LogP contribution is 2.63. The summed E-state index contributed by atoms with van der Waals surface area (Å²) in [4.78, 5) is 24.0. The van der Waals surface area contributed by atoms with Crippen LogP contribution in [0.5, 0.6) is 0 Å². The predicted molar refractivity (Wildman–Crippen MR) is 77.6 cm³/mol. The predicted octanol–water partition coefficient (Wildman–Crippen LogP) is 3.17. The quantitative estimate of drug-likeness (QED) is 0.638. The highest BCUT2D eigenvalue weighted by Gasteiger charge is 2.62. The summed E-state index contributed by atoms with van der Waals surface area (Å²) in [6.07, 6.45) is 4.75. The van der Waals surface area contributed by atoms with E-state index in [0.29, 0.717) is 23.8 Å². The minimum absolute atomic E-state index is 0.0554. The maximum Gasteiger partial charge on any atom is 0.334 e. The second-order valence-electron chi connectivity index (χ2n) is 7.80. The highest BCUT2D eigenvalue weighted by atomic mass is 16.6. The van der Waals surface area contributed by atoms with Gasteiger partial charge in [-0.25, -0.2) is 4.79 Å². The lowest BCUT2D eigenvalue weighted by atomic mass is 9.48. The fourth-order valence-electron chi connectivity index (χ4n) is 5.05. The van der Waals surface area contributed by atoms with Crippen molar-refractivity contribution in [1.29, 1.82) is 0 Å². The van der Waals surface area contributed by atoms with Crippen LogP contribution in [-0.2, 0) is 14.3 Å². The second kappa shape index (κ2) is 4.59. The Kier molecular flexibility index (Phi) is 3.19. The molecule has 4 bridgehead atoms. The molecule has 0 aromatic carbocycles. The summed E-state index contributed by atoms with van der Waals surface area (Å²) in [7, 11) is 0. The van der Waals surface area contributed by atoms with E-state index in [4.69, 9.17) is 4.74 Å². The normalized spacial score (nSPS) is 40.3. The second-order valence-corrected chi connectivity index (χ2v) is 7.80. The van der Waals surface area contributed by atoms with Gasteiger partial charge in [-0.05, 0) is 49.9 Å². The molecule has 0 aromatic heterocycles. The van der Waals surface area contributed by atoms with Gasteiger partial charge in [0.2, 0.25) is 0 Å². The van der Waals surface area contributed by atoms with E-state index < -0.39 is 17.0 Å².